The lowest BCUT2D eigenvalue weighted by Gasteiger charge is -2.09. The van der Waals surface area contributed by atoms with Crippen LogP contribution in [0.5, 0.6) is 5.75 Å². The SMILES string of the molecule is Cc1cc(NC(=O)COc2cccc([N+](=O)[O-])c2)n(-c2ccccc2)n1. The van der Waals surface area contributed by atoms with Crippen molar-refractivity contribution in [2.45, 2.75) is 6.92 Å². The molecule has 0 aliphatic heterocycles. The predicted octanol–water partition coefficient (Wildman–Crippen LogP) is 3.11. The van der Waals surface area contributed by atoms with Gasteiger partial charge < -0.3 is 10.1 Å². The topological polar surface area (TPSA) is 99.3 Å². The monoisotopic (exact) mass is 352 g/mol. The Morgan fingerprint density at radius 1 is 1.19 bits per heavy atom. The third kappa shape index (κ3) is 4.04. The van der Waals surface area contributed by atoms with Crippen molar-refractivity contribution in [2.75, 3.05) is 11.9 Å². The third-order valence-electron chi connectivity index (χ3n) is 3.50. The molecule has 0 bridgehead atoms. The van der Waals surface area contributed by atoms with Crippen molar-refractivity contribution in [1.82, 2.24) is 9.78 Å². The maximum atomic E-state index is 12.2. The summed E-state index contributed by atoms with van der Waals surface area (Å²) in [6, 6.07) is 16.8. The van der Waals surface area contributed by atoms with Crippen LogP contribution in [0, 0.1) is 17.0 Å². The van der Waals surface area contributed by atoms with Gasteiger partial charge >= 0.3 is 0 Å². The van der Waals surface area contributed by atoms with Crippen molar-refractivity contribution >= 4 is 17.4 Å². The van der Waals surface area contributed by atoms with Crippen LogP contribution in [0.25, 0.3) is 5.69 Å². The van der Waals surface area contributed by atoms with Gasteiger partial charge in [-0.25, -0.2) is 4.68 Å². The third-order valence-corrected chi connectivity index (χ3v) is 3.50. The fraction of sp³-hybridized carbons (Fsp3) is 0.111. The highest BCUT2D eigenvalue weighted by Gasteiger charge is 2.12. The molecule has 8 nitrogen and oxygen atoms in total. The minimum Gasteiger partial charge on any atom is -0.484 e. The summed E-state index contributed by atoms with van der Waals surface area (Å²) >= 11 is 0. The maximum Gasteiger partial charge on any atom is 0.273 e. The number of hydrogen-bond donors (Lipinski definition) is 1. The summed E-state index contributed by atoms with van der Waals surface area (Å²) in [5, 5.41) is 17.9. The molecule has 0 spiro atoms. The van der Waals surface area contributed by atoms with Crippen LogP contribution in [0.3, 0.4) is 0 Å². The summed E-state index contributed by atoms with van der Waals surface area (Å²) in [6.45, 7) is 1.55. The van der Waals surface area contributed by atoms with Gasteiger partial charge in [0.2, 0.25) is 0 Å². The molecule has 2 aromatic carbocycles. The van der Waals surface area contributed by atoms with Crippen molar-refractivity contribution in [3.8, 4) is 11.4 Å². The Balaban J connectivity index is 1.68. The lowest BCUT2D eigenvalue weighted by molar-refractivity contribution is -0.384. The van der Waals surface area contributed by atoms with Crippen LogP contribution < -0.4 is 10.1 Å². The molecule has 8 heteroatoms. The molecule has 132 valence electrons. The van der Waals surface area contributed by atoms with Crippen molar-refractivity contribution in [3.63, 3.8) is 0 Å². The number of amides is 1. The second-order valence-corrected chi connectivity index (χ2v) is 5.51. The zero-order valence-corrected chi connectivity index (χ0v) is 14.0. The van der Waals surface area contributed by atoms with Crippen LogP contribution in [0.15, 0.2) is 60.7 Å². The Hall–Kier alpha value is -3.68. The van der Waals surface area contributed by atoms with E-state index in [2.05, 4.69) is 10.4 Å². The maximum absolute atomic E-state index is 12.2. The number of carbonyl (C=O) groups excluding carboxylic acids is 1. The zero-order valence-electron chi connectivity index (χ0n) is 14.0. The van der Waals surface area contributed by atoms with E-state index < -0.39 is 10.8 Å². The second-order valence-electron chi connectivity index (χ2n) is 5.51. The molecule has 26 heavy (non-hydrogen) atoms. The molecule has 0 unspecified atom stereocenters. The lowest BCUT2D eigenvalue weighted by Crippen LogP contribution is -2.21. The first-order chi connectivity index (χ1) is 12.5. The fourth-order valence-corrected chi connectivity index (χ4v) is 2.37. The van der Waals surface area contributed by atoms with Crippen molar-refractivity contribution in [3.05, 3.63) is 76.5 Å². The zero-order chi connectivity index (χ0) is 18.5. The molecule has 0 saturated heterocycles. The number of hydrogen-bond acceptors (Lipinski definition) is 5. The van der Waals surface area contributed by atoms with Gasteiger partial charge in [0.1, 0.15) is 11.6 Å². The van der Waals surface area contributed by atoms with E-state index in [1.807, 2.05) is 37.3 Å². The molecule has 0 fully saturated rings. The average Bonchev–Trinajstić information content (AvgIpc) is 3.01. The van der Waals surface area contributed by atoms with E-state index in [4.69, 9.17) is 4.74 Å². The van der Waals surface area contributed by atoms with E-state index in [0.29, 0.717) is 5.82 Å². The molecule has 0 saturated carbocycles. The van der Waals surface area contributed by atoms with E-state index in [1.54, 1.807) is 16.8 Å². The number of para-hydroxylation sites is 1. The molecule has 1 N–H and O–H groups in total. The highest BCUT2D eigenvalue weighted by atomic mass is 16.6. The van der Waals surface area contributed by atoms with Crippen LogP contribution in [0.2, 0.25) is 0 Å². The fourth-order valence-electron chi connectivity index (χ4n) is 2.37. The van der Waals surface area contributed by atoms with Gasteiger partial charge in [0.05, 0.1) is 22.4 Å². The smallest absolute Gasteiger partial charge is 0.273 e. The molecule has 3 aromatic rings. The number of carbonyl (C=O) groups is 1. The van der Waals surface area contributed by atoms with Gasteiger partial charge in [0, 0.05) is 12.1 Å². The molecule has 0 aliphatic rings. The molecule has 1 aromatic heterocycles. The quantitative estimate of drug-likeness (QED) is 0.543. The first-order valence-electron chi connectivity index (χ1n) is 7.82. The van der Waals surface area contributed by atoms with E-state index in [9.17, 15) is 14.9 Å². The summed E-state index contributed by atoms with van der Waals surface area (Å²) in [6.07, 6.45) is 0. The molecule has 1 amide bonds. The number of nitro benzene ring substituents is 1. The Morgan fingerprint density at radius 2 is 1.96 bits per heavy atom. The number of nitrogens with one attached hydrogen (secondary N) is 1. The van der Waals surface area contributed by atoms with Gasteiger partial charge in [-0.2, -0.15) is 5.10 Å². The van der Waals surface area contributed by atoms with Gasteiger partial charge in [-0.05, 0) is 25.1 Å². The summed E-state index contributed by atoms with van der Waals surface area (Å²) in [5.41, 5.74) is 1.47. The largest absolute Gasteiger partial charge is 0.484 e. The minimum atomic E-state index is -0.520. The number of anilines is 1. The molecular weight excluding hydrogens is 336 g/mol. The van der Waals surface area contributed by atoms with Crippen molar-refractivity contribution < 1.29 is 14.5 Å². The van der Waals surface area contributed by atoms with Crippen LogP contribution in [0.1, 0.15) is 5.69 Å². The number of ether oxygens (including phenoxy) is 1. The van der Waals surface area contributed by atoms with E-state index in [-0.39, 0.29) is 18.0 Å². The van der Waals surface area contributed by atoms with Crippen LogP contribution >= 0.6 is 0 Å². The highest BCUT2D eigenvalue weighted by Crippen LogP contribution is 2.20. The molecule has 0 atom stereocenters. The number of benzene rings is 2. The van der Waals surface area contributed by atoms with E-state index in [0.717, 1.165) is 11.4 Å². The summed E-state index contributed by atoms with van der Waals surface area (Å²) < 4.78 is 6.96. The van der Waals surface area contributed by atoms with Gasteiger partial charge in [-0.1, -0.05) is 24.3 Å². The highest BCUT2D eigenvalue weighted by molar-refractivity contribution is 5.91. The number of nitro groups is 1. The molecule has 0 aliphatic carbocycles. The molecule has 0 radical (unpaired) electrons. The Kier molecular flexibility index (Phi) is 4.93. The number of rotatable bonds is 6. The minimum absolute atomic E-state index is 0.0966. The van der Waals surface area contributed by atoms with E-state index >= 15 is 0 Å². The van der Waals surface area contributed by atoms with Crippen molar-refractivity contribution in [2.24, 2.45) is 0 Å². The number of aryl methyl sites for hydroxylation is 1. The molecule has 3 rings (SSSR count). The Bertz CT molecular complexity index is 937. The number of aromatic nitrogens is 2. The van der Waals surface area contributed by atoms with Crippen LogP contribution in [0.4, 0.5) is 11.5 Å². The summed E-state index contributed by atoms with van der Waals surface area (Å²) in [7, 11) is 0. The van der Waals surface area contributed by atoms with Crippen LogP contribution in [-0.2, 0) is 4.79 Å². The second kappa shape index (κ2) is 7.47. The first kappa shape index (κ1) is 17.2. The summed E-state index contributed by atoms with van der Waals surface area (Å²) in [5.74, 6) is 0.372. The van der Waals surface area contributed by atoms with Gasteiger partial charge in [-0.15, -0.1) is 0 Å². The van der Waals surface area contributed by atoms with Gasteiger partial charge in [-0.3, -0.25) is 14.9 Å². The van der Waals surface area contributed by atoms with Gasteiger partial charge in [0.15, 0.2) is 6.61 Å². The number of nitrogens with zero attached hydrogens (tertiary/aromatic N) is 3. The number of non-ortho nitro benzene ring substituents is 1. The lowest BCUT2D eigenvalue weighted by atomic mass is 10.3. The van der Waals surface area contributed by atoms with E-state index in [1.165, 1.54) is 18.2 Å². The summed E-state index contributed by atoms with van der Waals surface area (Å²) in [4.78, 5) is 22.4. The van der Waals surface area contributed by atoms with Crippen LogP contribution in [-0.4, -0.2) is 27.2 Å². The Morgan fingerprint density at radius 3 is 2.69 bits per heavy atom. The van der Waals surface area contributed by atoms with Crippen molar-refractivity contribution in [1.29, 1.82) is 0 Å². The predicted molar refractivity (Wildman–Crippen MR) is 95.5 cm³/mol. The standard InChI is InChI=1S/C18H16N4O4/c1-13-10-17(21(20-13)14-6-3-2-4-7-14)19-18(23)12-26-16-9-5-8-15(11-16)22(24)25/h2-11H,12H2,1H3,(H,19,23). The molecular formula is C18H16N4O4. The average molecular weight is 352 g/mol. The van der Waals surface area contributed by atoms with Gasteiger partial charge in [0.25, 0.3) is 11.6 Å². The Labute approximate surface area is 149 Å². The normalized spacial score (nSPS) is 10.3. The molecule has 1 heterocycles. The first-order valence-corrected chi connectivity index (χ1v) is 7.82.